The molecule has 0 spiro atoms. The van der Waals surface area contributed by atoms with Gasteiger partial charge in [-0.1, -0.05) is 12.1 Å². The summed E-state index contributed by atoms with van der Waals surface area (Å²) < 4.78 is 33.4. The molecule has 0 fully saturated rings. The molecule has 0 radical (unpaired) electrons. The van der Waals surface area contributed by atoms with Crippen molar-refractivity contribution in [1.29, 1.82) is 0 Å². The zero-order valence-corrected chi connectivity index (χ0v) is 18.0. The van der Waals surface area contributed by atoms with E-state index in [4.69, 9.17) is 9.40 Å². The summed E-state index contributed by atoms with van der Waals surface area (Å²) in [7, 11) is 0. The largest absolute Gasteiger partial charge is 0.440 e. The van der Waals surface area contributed by atoms with E-state index in [1.54, 1.807) is 56.6 Å². The molecule has 2 aromatic carbocycles. The molecule has 164 valence electrons. The van der Waals surface area contributed by atoms with E-state index in [2.05, 4.69) is 4.98 Å². The predicted octanol–water partition coefficient (Wildman–Crippen LogP) is 6.73. The summed E-state index contributed by atoms with van der Waals surface area (Å²) in [6, 6.07) is 17.7. The van der Waals surface area contributed by atoms with Crippen LogP contribution in [-0.2, 0) is 5.60 Å². The molecule has 1 N–H and O–H groups in total. The van der Waals surface area contributed by atoms with E-state index in [0.29, 0.717) is 28.1 Å². The number of halogens is 2. The molecule has 3 aromatic heterocycles. The monoisotopic (exact) mass is 442 g/mol. The van der Waals surface area contributed by atoms with Crippen molar-refractivity contribution in [3.05, 3.63) is 96.5 Å². The Balaban J connectivity index is 1.94. The van der Waals surface area contributed by atoms with Crippen LogP contribution in [0.3, 0.4) is 0 Å². The summed E-state index contributed by atoms with van der Waals surface area (Å²) in [5.74, 6) is -0.352. The predicted molar refractivity (Wildman–Crippen MR) is 123 cm³/mol. The van der Waals surface area contributed by atoms with Crippen molar-refractivity contribution in [3.63, 3.8) is 0 Å². The number of aromatic nitrogens is 2. The first kappa shape index (κ1) is 21.0. The molecule has 0 atom stereocenters. The third kappa shape index (κ3) is 3.90. The molecule has 4 nitrogen and oxygen atoms in total. The zero-order valence-electron chi connectivity index (χ0n) is 18.0. The molecule has 5 rings (SSSR count). The third-order valence-electron chi connectivity index (χ3n) is 5.50. The maximum atomic E-state index is 13.8. The van der Waals surface area contributed by atoms with E-state index >= 15 is 0 Å². The first-order chi connectivity index (χ1) is 15.8. The number of benzene rings is 2. The van der Waals surface area contributed by atoms with Crippen LogP contribution in [0.4, 0.5) is 8.78 Å². The smallest absolute Gasteiger partial charge is 0.227 e. The molecule has 6 heteroatoms. The highest BCUT2D eigenvalue weighted by molar-refractivity contribution is 6.06. The van der Waals surface area contributed by atoms with Crippen LogP contribution in [-0.4, -0.2) is 15.1 Å². The van der Waals surface area contributed by atoms with Crippen molar-refractivity contribution in [2.45, 2.75) is 19.4 Å². The van der Waals surface area contributed by atoms with Crippen LogP contribution in [0.2, 0.25) is 0 Å². The average molecular weight is 442 g/mol. The summed E-state index contributed by atoms with van der Waals surface area (Å²) in [5, 5.41) is 11.2. The summed E-state index contributed by atoms with van der Waals surface area (Å²) in [6.07, 6.45) is 3.36. The van der Waals surface area contributed by atoms with Crippen LogP contribution < -0.4 is 0 Å². The van der Waals surface area contributed by atoms with Gasteiger partial charge in [-0.15, -0.1) is 0 Å². The number of hydrogen-bond acceptors (Lipinski definition) is 4. The highest BCUT2D eigenvalue weighted by atomic mass is 19.1. The Labute approximate surface area is 189 Å². The number of aliphatic hydroxyl groups is 1. The van der Waals surface area contributed by atoms with Crippen molar-refractivity contribution in [3.8, 4) is 33.5 Å². The van der Waals surface area contributed by atoms with Gasteiger partial charge in [-0.2, -0.15) is 0 Å². The van der Waals surface area contributed by atoms with Crippen LogP contribution in [0.1, 0.15) is 19.6 Å². The van der Waals surface area contributed by atoms with E-state index in [0.717, 1.165) is 22.3 Å². The number of nitrogens with zero attached hydrogens (tertiary/aromatic N) is 2. The van der Waals surface area contributed by atoms with Gasteiger partial charge >= 0.3 is 0 Å². The minimum Gasteiger partial charge on any atom is -0.440 e. The molecule has 0 aliphatic rings. The van der Waals surface area contributed by atoms with Crippen LogP contribution in [0, 0.1) is 11.6 Å². The van der Waals surface area contributed by atoms with Gasteiger partial charge in [0.2, 0.25) is 5.71 Å². The van der Waals surface area contributed by atoms with Crippen LogP contribution in [0.15, 0.2) is 83.5 Å². The fourth-order valence-electron chi connectivity index (χ4n) is 3.89. The maximum absolute atomic E-state index is 13.8. The Hall–Kier alpha value is -3.90. The van der Waals surface area contributed by atoms with Crippen molar-refractivity contribution in [2.75, 3.05) is 0 Å². The third-order valence-corrected chi connectivity index (χ3v) is 5.50. The number of fused-ring (bicyclic) bond motifs is 1. The van der Waals surface area contributed by atoms with Gasteiger partial charge < -0.3 is 9.52 Å². The molecule has 0 aliphatic carbocycles. The highest BCUT2D eigenvalue weighted by Gasteiger charge is 2.26. The average Bonchev–Trinajstić information content (AvgIpc) is 3.24. The van der Waals surface area contributed by atoms with E-state index in [1.165, 1.54) is 24.3 Å². The van der Waals surface area contributed by atoms with Gasteiger partial charge in [-0.05, 0) is 79.6 Å². The Morgan fingerprint density at radius 3 is 1.88 bits per heavy atom. The molecule has 0 bridgehead atoms. The Morgan fingerprint density at radius 2 is 1.30 bits per heavy atom. The molecule has 0 aliphatic heterocycles. The SMILES string of the molecule is CC(C)(O)c1cc2c(-c3ccc(F)cc3)c(-c3ccncc3)c(-c3ccc(F)cc3)nc2o1. The molecule has 0 unspecified atom stereocenters. The molecule has 0 saturated heterocycles. The first-order valence-corrected chi connectivity index (χ1v) is 10.4. The second-order valence-electron chi connectivity index (χ2n) is 8.35. The minimum absolute atomic E-state index is 0.323. The molecule has 3 heterocycles. The minimum atomic E-state index is -1.23. The lowest BCUT2D eigenvalue weighted by molar-refractivity contribution is 0.0556. The quantitative estimate of drug-likeness (QED) is 0.335. The summed E-state index contributed by atoms with van der Waals surface area (Å²) in [4.78, 5) is 8.92. The van der Waals surface area contributed by atoms with Crippen LogP contribution in [0.5, 0.6) is 0 Å². The summed E-state index contributed by atoms with van der Waals surface area (Å²) in [6.45, 7) is 3.26. The van der Waals surface area contributed by atoms with Gasteiger partial charge in [-0.3, -0.25) is 4.98 Å². The van der Waals surface area contributed by atoms with E-state index in [-0.39, 0.29) is 11.6 Å². The van der Waals surface area contributed by atoms with Crippen molar-refractivity contribution < 1.29 is 18.3 Å². The normalized spacial score (nSPS) is 11.8. The van der Waals surface area contributed by atoms with Gasteiger partial charge in [0.05, 0.1) is 5.69 Å². The van der Waals surface area contributed by atoms with Gasteiger partial charge in [0.15, 0.2) is 0 Å². The van der Waals surface area contributed by atoms with Crippen molar-refractivity contribution in [1.82, 2.24) is 9.97 Å². The number of hydrogen-bond donors (Lipinski definition) is 1. The fraction of sp³-hybridized carbons (Fsp3) is 0.111. The van der Waals surface area contributed by atoms with Gasteiger partial charge in [0.25, 0.3) is 0 Å². The number of furan rings is 1. The lowest BCUT2D eigenvalue weighted by Gasteiger charge is -2.16. The molecule has 0 saturated carbocycles. The Kier molecular flexibility index (Phi) is 5.02. The highest BCUT2D eigenvalue weighted by Crippen LogP contribution is 2.44. The summed E-state index contributed by atoms with van der Waals surface area (Å²) >= 11 is 0. The Morgan fingerprint density at radius 1 is 0.758 bits per heavy atom. The van der Waals surface area contributed by atoms with Gasteiger partial charge in [0, 0.05) is 34.5 Å². The fourth-order valence-corrected chi connectivity index (χ4v) is 3.89. The lowest BCUT2D eigenvalue weighted by atomic mass is 9.89. The second kappa shape index (κ2) is 7.90. The molecule has 5 aromatic rings. The molecule has 33 heavy (non-hydrogen) atoms. The first-order valence-electron chi connectivity index (χ1n) is 10.4. The molecule has 0 amide bonds. The topological polar surface area (TPSA) is 59.2 Å². The Bertz CT molecular complexity index is 1440. The summed E-state index contributed by atoms with van der Waals surface area (Å²) in [5.41, 5.74) is 3.48. The van der Waals surface area contributed by atoms with Gasteiger partial charge in [-0.25, -0.2) is 13.8 Å². The standard InChI is InChI=1S/C27H20F2N2O2/c1-27(2,32)22-15-21-23(16-3-7-19(28)8-4-16)24(17-11-13-30-14-12-17)25(31-26(21)33-22)18-5-9-20(29)10-6-18/h3-15,32H,1-2H3. The maximum Gasteiger partial charge on any atom is 0.227 e. The lowest BCUT2D eigenvalue weighted by Crippen LogP contribution is -2.13. The van der Waals surface area contributed by atoms with Crippen molar-refractivity contribution >= 4 is 11.1 Å². The second-order valence-corrected chi connectivity index (χ2v) is 8.35. The van der Waals surface area contributed by atoms with E-state index in [1.807, 2.05) is 12.1 Å². The number of rotatable bonds is 4. The molecular weight excluding hydrogens is 422 g/mol. The molecular formula is C27H20F2N2O2. The number of pyridine rings is 2. The zero-order chi connectivity index (χ0) is 23.2. The van der Waals surface area contributed by atoms with Crippen molar-refractivity contribution in [2.24, 2.45) is 0 Å². The van der Waals surface area contributed by atoms with E-state index < -0.39 is 5.60 Å². The van der Waals surface area contributed by atoms with Gasteiger partial charge in [0.1, 0.15) is 23.0 Å². The van der Waals surface area contributed by atoms with Crippen LogP contribution in [0.25, 0.3) is 44.6 Å². The van der Waals surface area contributed by atoms with Crippen LogP contribution >= 0.6 is 0 Å². The van der Waals surface area contributed by atoms with E-state index in [9.17, 15) is 13.9 Å².